The van der Waals surface area contributed by atoms with Crippen LogP contribution in [0.2, 0.25) is 0 Å². The molecule has 0 radical (unpaired) electrons. The van der Waals surface area contributed by atoms with Gasteiger partial charge in [-0.05, 0) is 30.2 Å². The van der Waals surface area contributed by atoms with Crippen LogP contribution >= 0.6 is 0 Å². The Bertz CT molecular complexity index is 873. The van der Waals surface area contributed by atoms with Crippen LogP contribution in [0.15, 0.2) is 54.4 Å². The molecule has 1 aliphatic heterocycles. The summed E-state index contributed by atoms with van der Waals surface area (Å²) in [4.78, 5) is 32.1. The van der Waals surface area contributed by atoms with Gasteiger partial charge in [-0.25, -0.2) is 0 Å². The number of benzene rings is 1. The number of amides is 1. The van der Waals surface area contributed by atoms with Gasteiger partial charge in [-0.2, -0.15) is 0 Å². The molecule has 1 N–H and O–H groups in total. The van der Waals surface area contributed by atoms with E-state index in [9.17, 15) is 14.7 Å². The number of aryl methyl sites for hydroxylation is 1. The summed E-state index contributed by atoms with van der Waals surface area (Å²) in [5, 5.41) is 13.1. The zero-order valence-corrected chi connectivity index (χ0v) is 15.7. The molecule has 1 amide bonds. The van der Waals surface area contributed by atoms with Gasteiger partial charge in [-0.15, -0.1) is 0 Å². The van der Waals surface area contributed by atoms with Crippen LogP contribution in [0.1, 0.15) is 22.7 Å². The highest BCUT2D eigenvalue weighted by atomic mass is 16.3. The standard InChI is InChI=1S/C21H23N3O3/c1-14-4-6-16(7-5-14)19(25)17-18(15-8-10-22-11-9-15)24(13-12-23(2)3)21(27)20(17)26/h4-11,18,25H,12-13H2,1-3H3/b19-17+. The Kier molecular flexibility index (Phi) is 5.37. The lowest BCUT2D eigenvalue weighted by Gasteiger charge is -2.27. The molecule has 1 fully saturated rings. The van der Waals surface area contributed by atoms with E-state index < -0.39 is 23.5 Å². The van der Waals surface area contributed by atoms with Crippen molar-refractivity contribution in [2.75, 3.05) is 27.2 Å². The maximum atomic E-state index is 13.1. The molecular formula is C21H23N3O3. The van der Waals surface area contributed by atoms with E-state index in [1.165, 1.54) is 4.90 Å². The third-order valence-electron chi connectivity index (χ3n) is 4.72. The zero-order chi connectivity index (χ0) is 19.6. The maximum Gasteiger partial charge on any atom is 0.295 e. The van der Waals surface area contributed by atoms with Crippen LogP contribution in [-0.2, 0) is 9.59 Å². The summed E-state index contributed by atoms with van der Waals surface area (Å²) in [6.07, 6.45) is 3.21. The van der Waals surface area contributed by atoms with Crippen LogP contribution in [0.25, 0.3) is 5.76 Å². The quantitative estimate of drug-likeness (QED) is 0.451. The Morgan fingerprint density at radius 3 is 2.33 bits per heavy atom. The first kappa shape index (κ1) is 18.8. The van der Waals surface area contributed by atoms with Gasteiger partial charge in [0.2, 0.25) is 5.78 Å². The topological polar surface area (TPSA) is 77.8 Å². The first-order valence-corrected chi connectivity index (χ1v) is 8.92. The lowest BCUT2D eigenvalue weighted by Crippen LogP contribution is -3.06. The summed E-state index contributed by atoms with van der Waals surface area (Å²) < 4.78 is 0. The van der Waals surface area contributed by atoms with Crippen LogP contribution < -0.4 is 10.0 Å². The molecule has 2 heterocycles. The molecule has 1 unspecified atom stereocenters. The number of carbonyl (C=O) groups excluding carboxylic acids is 2. The van der Waals surface area contributed by atoms with E-state index in [0.717, 1.165) is 10.5 Å². The predicted octanol–water partition coefficient (Wildman–Crippen LogP) is -0.241. The van der Waals surface area contributed by atoms with Crippen molar-refractivity contribution < 1.29 is 19.6 Å². The first-order valence-electron chi connectivity index (χ1n) is 8.92. The van der Waals surface area contributed by atoms with Crippen molar-refractivity contribution in [3.05, 3.63) is 71.1 Å². The molecule has 0 aliphatic carbocycles. The fourth-order valence-electron chi connectivity index (χ4n) is 3.20. The lowest BCUT2D eigenvalue weighted by atomic mass is 9.95. The lowest BCUT2D eigenvalue weighted by molar-refractivity contribution is -0.857. The number of Topliss-reactive ketones (excluding diaryl/α,β-unsaturated/α-hetero) is 1. The van der Waals surface area contributed by atoms with Gasteiger partial charge in [-0.3, -0.25) is 14.6 Å². The zero-order valence-electron chi connectivity index (χ0n) is 15.7. The predicted molar refractivity (Wildman–Crippen MR) is 99.5 cm³/mol. The summed E-state index contributed by atoms with van der Waals surface area (Å²) in [5.74, 6) is -1.72. The molecule has 0 spiro atoms. The normalized spacial score (nSPS) is 19.1. The summed E-state index contributed by atoms with van der Waals surface area (Å²) in [6.45, 7) is 2.99. The molecule has 1 atom stereocenters. The second kappa shape index (κ2) is 7.72. The van der Waals surface area contributed by atoms with Gasteiger partial charge in [0.1, 0.15) is 0 Å². The minimum absolute atomic E-state index is 0.0174. The number of carbonyl (C=O) groups is 2. The SMILES string of the molecule is Cc1ccc(/C([O-])=C2\C(=O)C(=O)N(CC[NH+](C)C)C2c2ccncc2)cc1. The average molecular weight is 365 g/mol. The number of ketones is 1. The first-order chi connectivity index (χ1) is 12.9. The monoisotopic (exact) mass is 365 g/mol. The second-order valence-electron chi connectivity index (χ2n) is 7.08. The van der Waals surface area contributed by atoms with E-state index in [1.807, 2.05) is 33.2 Å². The van der Waals surface area contributed by atoms with Gasteiger partial charge in [0.05, 0.1) is 33.2 Å². The molecule has 3 rings (SSSR count). The highest BCUT2D eigenvalue weighted by Crippen LogP contribution is 2.38. The Labute approximate surface area is 158 Å². The molecule has 0 saturated carbocycles. The van der Waals surface area contributed by atoms with Crippen LogP contribution in [0.4, 0.5) is 0 Å². The smallest absolute Gasteiger partial charge is 0.295 e. The van der Waals surface area contributed by atoms with Gasteiger partial charge < -0.3 is 14.9 Å². The van der Waals surface area contributed by atoms with Crippen molar-refractivity contribution in [3.63, 3.8) is 0 Å². The van der Waals surface area contributed by atoms with Crippen LogP contribution in [0.5, 0.6) is 0 Å². The molecular weight excluding hydrogens is 342 g/mol. The van der Waals surface area contributed by atoms with Crippen molar-refractivity contribution in [1.82, 2.24) is 9.88 Å². The number of pyridine rings is 1. The minimum Gasteiger partial charge on any atom is -0.872 e. The average Bonchev–Trinajstić information content (AvgIpc) is 2.91. The second-order valence-corrected chi connectivity index (χ2v) is 7.08. The number of aromatic nitrogens is 1. The number of likely N-dealkylation sites (N-methyl/N-ethyl adjacent to an activating group) is 1. The van der Waals surface area contributed by atoms with Crippen molar-refractivity contribution in [2.45, 2.75) is 13.0 Å². The molecule has 140 valence electrons. The van der Waals surface area contributed by atoms with Crippen molar-refractivity contribution >= 4 is 17.4 Å². The molecule has 1 aromatic heterocycles. The van der Waals surface area contributed by atoms with Gasteiger partial charge in [0, 0.05) is 18.0 Å². The molecule has 1 saturated heterocycles. The van der Waals surface area contributed by atoms with E-state index in [-0.39, 0.29) is 5.57 Å². The van der Waals surface area contributed by atoms with Crippen molar-refractivity contribution in [1.29, 1.82) is 0 Å². The number of nitrogens with one attached hydrogen (secondary N) is 1. The Hall–Kier alpha value is -2.99. The Balaban J connectivity index is 2.12. The van der Waals surface area contributed by atoms with Crippen LogP contribution in [-0.4, -0.2) is 48.8 Å². The number of likely N-dealkylation sites (tertiary alicyclic amines) is 1. The van der Waals surface area contributed by atoms with Crippen LogP contribution in [0.3, 0.4) is 0 Å². The molecule has 27 heavy (non-hydrogen) atoms. The molecule has 1 aromatic carbocycles. The molecule has 6 nitrogen and oxygen atoms in total. The third-order valence-corrected chi connectivity index (χ3v) is 4.72. The summed E-state index contributed by atoms with van der Waals surface area (Å²) in [7, 11) is 3.96. The Morgan fingerprint density at radius 2 is 1.74 bits per heavy atom. The number of quaternary nitrogens is 1. The van der Waals surface area contributed by atoms with Gasteiger partial charge in [0.15, 0.2) is 0 Å². The highest BCUT2D eigenvalue weighted by molar-refractivity contribution is 6.46. The number of hydrogen-bond acceptors (Lipinski definition) is 4. The molecule has 6 heteroatoms. The largest absolute Gasteiger partial charge is 0.872 e. The molecule has 1 aliphatic rings. The number of hydrogen-bond donors (Lipinski definition) is 1. The van der Waals surface area contributed by atoms with Crippen molar-refractivity contribution in [2.24, 2.45) is 0 Å². The van der Waals surface area contributed by atoms with Crippen LogP contribution in [0, 0.1) is 6.92 Å². The summed E-state index contributed by atoms with van der Waals surface area (Å²) >= 11 is 0. The van der Waals surface area contributed by atoms with Crippen molar-refractivity contribution in [3.8, 4) is 0 Å². The Morgan fingerprint density at radius 1 is 1.11 bits per heavy atom. The minimum atomic E-state index is -0.712. The maximum absolute atomic E-state index is 13.1. The third kappa shape index (κ3) is 3.75. The number of nitrogens with zero attached hydrogens (tertiary/aromatic N) is 2. The fourth-order valence-corrected chi connectivity index (χ4v) is 3.20. The molecule has 0 bridgehead atoms. The van der Waals surface area contributed by atoms with Gasteiger partial charge in [0.25, 0.3) is 5.91 Å². The van der Waals surface area contributed by atoms with E-state index in [0.29, 0.717) is 24.2 Å². The van der Waals surface area contributed by atoms with E-state index >= 15 is 0 Å². The number of rotatable bonds is 5. The van der Waals surface area contributed by atoms with Gasteiger partial charge >= 0.3 is 0 Å². The van der Waals surface area contributed by atoms with E-state index in [1.54, 1.807) is 36.7 Å². The fraction of sp³-hybridized carbons (Fsp3) is 0.286. The van der Waals surface area contributed by atoms with E-state index in [4.69, 9.17) is 0 Å². The van der Waals surface area contributed by atoms with E-state index in [2.05, 4.69) is 4.98 Å². The summed E-state index contributed by atoms with van der Waals surface area (Å²) in [5.41, 5.74) is 2.17. The van der Waals surface area contributed by atoms with Gasteiger partial charge in [-0.1, -0.05) is 35.6 Å². The summed E-state index contributed by atoms with van der Waals surface area (Å²) in [6, 6.07) is 9.84. The highest BCUT2D eigenvalue weighted by Gasteiger charge is 2.44. The molecule has 2 aromatic rings.